The molecular formula is C12H19N3O2S. The molecule has 0 bridgehead atoms. The minimum Gasteiger partial charge on any atom is -0.383 e. The van der Waals surface area contributed by atoms with E-state index in [0.717, 1.165) is 18.7 Å². The molecule has 0 radical (unpaired) electrons. The lowest BCUT2D eigenvalue weighted by atomic mass is 10.00. The highest BCUT2D eigenvalue weighted by Crippen LogP contribution is 2.23. The van der Waals surface area contributed by atoms with Gasteiger partial charge in [-0.2, -0.15) is 11.3 Å². The van der Waals surface area contributed by atoms with E-state index < -0.39 is 5.60 Å². The molecule has 0 saturated carbocycles. The van der Waals surface area contributed by atoms with Crippen LogP contribution in [0.15, 0.2) is 21.8 Å². The zero-order valence-electron chi connectivity index (χ0n) is 10.5. The SMILES string of the molecule is CC(O)(CN=C(N)N1CCOCC1)c1ccsc1. The van der Waals surface area contributed by atoms with Crippen molar-refractivity contribution in [2.24, 2.45) is 10.7 Å². The topological polar surface area (TPSA) is 71.1 Å². The first-order valence-electron chi connectivity index (χ1n) is 5.97. The van der Waals surface area contributed by atoms with Crippen molar-refractivity contribution in [2.45, 2.75) is 12.5 Å². The zero-order chi connectivity index (χ0) is 13.0. The summed E-state index contributed by atoms with van der Waals surface area (Å²) >= 11 is 1.56. The van der Waals surface area contributed by atoms with Crippen LogP contribution in [0.1, 0.15) is 12.5 Å². The van der Waals surface area contributed by atoms with E-state index in [1.54, 1.807) is 18.3 Å². The molecule has 1 aromatic heterocycles. The van der Waals surface area contributed by atoms with Gasteiger partial charge < -0.3 is 20.5 Å². The van der Waals surface area contributed by atoms with Crippen LogP contribution in [-0.2, 0) is 10.3 Å². The minimum atomic E-state index is -0.961. The monoisotopic (exact) mass is 269 g/mol. The number of aliphatic hydroxyl groups is 1. The first-order chi connectivity index (χ1) is 8.59. The number of nitrogens with zero attached hydrogens (tertiary/aromatic N) is 2. The molecule has 100 valence electrons. The van der Waals surface area contributed by atoms with Crippen molar-refractivity contribution in [3.05, 3.63) is 22.4 Å². The van der Waals surface area contributed by atoms with Gasteiger partial charge in [0, 0.05) is 13.1 Å². The lowest BCUT2D eigenvalue weighted by molar-refractivity contribution is 0.0620. The molecule has 0 spiro atoms. The summed E-state index contributed by atoms with van der Waals surface area (Å²) in [6, 6.07) is 1.91. The molecule has 18 heavy (non-hydrogen) atoms. The van der Waals surface area contributed by atoms with Crippen LogP contribution in [0.25, 0.3) is 0 Å². The fourth-order valence-electron chi connectivity index (χ4n) is 1.79. The number of hydrogen-bond donors (Lipinski definition) is 2. The molecule has 1 atom stereocenters. The average Bonchev–Trinajstić information content (AvgIpc) is 2.92. The molecular weight excluding hydrogens is 250 g/mol. The summed E-state index contributed by atoms with van der Waals surface area (Å²) in [6.07, 6.45) is 0. The molecule has 5 nitrogen and oxygen atoms in total. The molecule has 2 rings (SSSR count). The molecule has 1 fully saturated rings. The smallest absolute Gasteiger partial charge is 0.191 e. The molecule has 1 saturated heterocycles. The van der Waals surface area contributed by atoms with Crippen LogP contribution in [0, 0.1) is 0 Å². The molecule has 1 aromatic rings. The maximum Gasteiger partial charge on any atom is 0.191 e. The Labute approximate surface area is 111 Å². The van der Waals surface area contributed by atoms with Crippen LogP contribution in [0.2, 0.25) is 0 Å². The van der Waals surface area contributed by atoms with Crippen LogP contribution < -0.4 is 5.73 Å². The predicted octanol–water partition coefficient (Wildman–Crippen LogP) is 0.603. The number of hydrogen-bond acceptors (Lipinski definition) is 4. The van der Waals surface area contributed by atoms with Crippen LogP contribution >= 0.6 is 11.3 Å². The normalized spacial score (nSPS) is 20.8. The number of aliphatic imine (C=N–C) groups is 1. The van der Waals surface area contributed by atoms with E-state index in [1.165, 1.54) is 0 Å². The summed E-state index contributed by atoms with van der Waals surface area (Å²) in [5, 5.41) is 14.2. The second-order valence-corrected chi connectivity index (χ2v) is 5.34. The molecule has 1 aliphatic heterocycles. The lowest BCUT2D eigenvalue weighted by Gasteiger charge is -2.28. The highest BCUT2D eigenvalue weighted by molar-refractivity contribution is 7.08. The second-order valence-electron chi connectivity index (χ2n) is 4.56. The van der Waals surface area contributed by atoms with Gasteiger partial charge in [0.05, 0.1) is 19.8 Å². The Balaban J connectivity index is 1.96. The summed E-state index contributed by atoms with van der Waals surface area (Å²) in [7, 11) is 0. The van der Waals surface area contributed by atoms with Gasteiger partial charge in [0.2, 0.25) is 0 Å². The van der Waals surface area contributed by atoms with Gasteiger partial charge in [-0.3, -0.25) is 0 Å². The van der Waals surface area contributed by atoms with E-state index in [-0.39, 0.29) is 6.54 Å². The number of ether oxygens (including phenoxy) is 1. The van der Waals surface area contributed by atoms with Gasteiger partial charge in [-0.25, -0.2) is 4.99 Å². The maximum absolute atomic E-state index is 10.3. The second kappa shape index (κ2) is 5.69. The number of guanidine groups is 1. The quantitative estimate of drug-likeness (QED) is 0.623. The lowest BCUT2D eigenvalue weighted by Crippen LogP contribution is -2.45. The standard InChI is InChI=1S/C12H19N3O2S/c1-12(16,10-2-7-18-8-10)9-14-11(13)15-3-5-17-6-4-15/h2,7-8,16H,3-6,9H2,1H3,(H2,13,14). The highest BCUT2D eigenvalue weighted by Gasteiger charge is 2.23. The van der Waals surface area contributed by atoms with Gasteiger partial charge >= 0.3 is 0 Å². The zero-order valence-corrected chi connectivity index (χ0v) is 11.3. The maximum atomic E-state index is 10.3. The first kappa shape index (κ1) is 13.3. The van der Waals surface area contributed by atoms with Crippen molar-refractivity contribution in [3.8, 4) is 0 Å². The van der Waals surface area contributed by atoms with Gasteiger partial charge in [-0.05, 0) is 29.3 Å². The first-order valence-corrected chi connectivity index (χ1v) is 6.91. The summed E-state index contributed by atoms with van der Waals surface area (Å²) in [6.45, 7) is 4.90. The third kappa shape index (κ3) is 3.22. The van der Waals surface area contributed by atoms with Gasteiger partial charge in [0.1, 0.15) is 5.60 Å². The summed E-state index contributed by atoms with van der Waals surface area (Å²) < 4.78 is 5.25. The summed E-state index contributed by atoms with van der Waals surface area (Å²) in [5.41, 5.74) is 5.84. The van der Waals surface area contributed by atoms with Crippen molar-refractivity contribution in [1.29, 1.82) is 0 Å². The predicted molar refractivity (Wildman–Crippen MR) is 72.8 cm³/mol. The van der Waals surface area contributed by atoms with Gasteiger partial charge in [0.25, 0.3) is 0 Å². The van der Waals surface area contributed by atoms with Crippen LogP contribution in [0.5, 0.6) is 0 Å². The summed E-state index contributed by atoms with van der Waals surface area (Å²) in [5.74, 6) is 0.480. The van der Waals surface area contributed by atoms with Crippen LogP contribution in [-0.4, -0.2) is 48.8 Å². The Morgan fingerprint density at radius 3 is 2.94 bits per heavy atom. The largest absolute Gasteiger partial charge is 0.383 e. The van der Waals surface area contributed by atoms with Crippen LogP contribution in [0.4, 0.5) is 0 Å². The highest BCUT2D eigenvalue weighted by atomic mass is 32.1. The van der Waals surface area contributed by atoms with Crippen molar-refractivity contribution in [2.75, 3.05) is 32.8 Å². The van der Waals surface area contributed by atoms with Gasteiger partial charge in [-0.1, -0.05) is 0 Å². The van der Waals surface area contributed by atoms with Gasteiger partial charge in [0.15, 0.2) is 5.96 Å². The van der Waals surface area contributed by atoms with Crippen molar-refractivity contribution >= 4 is 17.3 Å². The van der Waals surface area contributed by atoms with Crippen molar-refractivity contribution in [1.82, 2.24) is 4.90 Å². The molecule has 6 heteroatoms. The number of morpholine rings is 1. The molecule has 0 aliphatic carbocycles. The van der Waals surface area contributed by atoms with Crippen molar-refractivity contribution < 1.29 is 9.84 Å². The van der Waals surface area contributed by atoms with E-state index in [0.29, 0.717) is 19.2 Å². The Morgan fingerprint density at radius 1 is 1.61 bits per heavy atom. The fraction of sp³-hybridized carbons (Fsp3) is 0.583. The average molecular weight is 269 g/mol. The fourth-order valence-corrected chi connectivity index (χ4v) is 2.57. The number of rotatable bonds is 3. The van der Waals surface area contributed by atoms with E-state index in [2.05, 4.69) is 4.99 Å². The van der Waals surface area contributed by atoms with Crippen LogP contribution in [0.3, 0.4) is 0 Å². The number of nitrogens with two attached hydrogens (primary N) is 1. The Hall–Kier alpha value is -1.11. The molecule has 3 N–H and O–H groups in total. The Morgan fingerprint density at radius 2 is 2.33 bits per heavy atom. The third-order valence-corrected chi connectivity index (χ3v) is 3.71. The summed E-state index contributed by atoms with van der Waals surface area (Å²) in [4.78, 5) is 6.27. The van der Waals surface area contributed by atoms with E-state index in [4.69, 9.17) is 10.5 Å². The molecule has 1 aliphatic rings. The third-order valence-electron chi connectivity index (χ3n) is 3.03. The van der Waals surface area contributed by atoms with Crippen molar-refractivity contribution in [3.63, 3.8) is 0 Å². The van der Waals surface area contributed by atoms with E-state index in [1.807, 2.05) is 21.7 Å². The van der Waals surface area contributed by atoms with E-state index >= 15 is 0 Å². The Kier molecular flexibility index (Phi) is 4.21. The van der Waals surface area contributed by atoms with Gasteiger partial charge in [-0.15, -0.1) is 0 Å². The van der Waals surface area contributed by atoms with E-state index in [9.17, 15) is 5.11 Å². The minimum absolute atomic E-state index is 0.271. The Bertz CT molecular complexity index is 397. The molecule has 1 unspecified atom stereocenters. The molecule has 0 amide bonds. The number of thiophene rings is 1. The molecule has 2 heterocycles. The molecule has 0 aromatic carbocycles.